The summed E-state index contributed by atoms with van der Waals surface area (Å²) in [5.41, 5.74) is 3.72. The molecule has 1 aliphatic rings. The normalized spacial score (nSPS) is 16.3. The Labute approximate surface area is 182 Å². The van der Waals surface area contributed by atoms with Gasteiger partial charge in [0.05, 0.1) is 6.54 Å². The Bertz CT molecular complexity index is 937. The molecule has 6 heteroatoms. The van der Waals surface area contributed by atoms with Crippen LogP contribution in [0.3, 0.4) is 0 Å². The highest BCUT2D eigenvalue weighted by Crippen LogP contribution is 2.23. The van der Waals surface area contributed by atoms with E-state index in [1.165, 1.54) is 11.1 Å². The highest BCUT2D eigenvalue weighted by atomic mass is 32.1. The predicted molar refractivity (Wildman–Crippen MR) is 121 cm³/mol. The van der Waals surface area contributed by atoms with Gasteiger partial charge < -0.3 is 5.32 Å². The van der Waals surface area contributed by atoms with Gasteiger partial charge in [-0.25, -0.2) is 4.98 Å². The number of carbonyl (C=O) groups is 1. The molecule has 2 aromatic carbocycles. The summed E-state index contributed by atoms with van der Waals surface area (Å²) in [6, 6.07) is 18.6. The molecule has 1 saturated heterocycles. The number of nitrogens with zero attached hydrogens (tertiary/aromatic N) is 3. The van der Waals surface area contributed by atoms with Crippen molar-refractivity contribution in [2.75, 3.05) is 32.7 Å². The van der Waals surface area contributed by atoms with Crippen LogP contribution in [-0.4, -0.2) is 53.4 Å². The summed E-state index contributed by atoms with van der Waals surface area (Å²) >= 11 is 1.57. The fourth-order valence-electron chi connectivity index (χ4n) is 3.89. The standard InChI is InChI=1S/C24H28N4OS/c1-19-6-5-7-20(16-19)17-27-11-13-28(14-12-27)18-22(29)26-23(24-25-10-15-30-24)21-8-3-2-4-9-21/h2-10,15-16,23H,11-14,17-18H2,1H3,(H,26,29). The molecule has 30 heavy (non-hydrogen) atoms. The highest BCUT2D eigenvalue weighted by Gasteiger charge is 2.23. The number of carbonyl (C=O) groups excluding carboxylic acids is 1. The van der Waals surface area contributed by atoms with Crippen LogP contribution in [0.4, 0.5) is 0 Å². The van der Waals surface area contributed by atoms with Crippen molar-refractivity contribution in [2.24, 2.45) is 0 Å². The van der Waals surface area contributed by atoms with E-state index in [0.29, 0.717) is 6.54 Å². The van der Waals surface area contributed by atoms with Crippen LogP contribution < -0.4 is 5.32 Å². The molecule has 1 fully saturated rings. The number of aromatic nitrogens is 1. The molecule has 3 aromatic rings. The Morgan fingerprint density at radius 1 is 1.07 bits per heavy atom. The minimum absolute atomic E-state index is 0.0474. The first kappa shape index (κ1) is 20.7. The number of benzene rings is 2. The molecule has 1 aromatic heterocycles. The second kappa shape index (κ2) is 9.98. The zero-order valence-electron chi connectivity index (χ0n) is 17.3. The van der Waals surface area contributed by atoms with Crippen LogP contribution in [0.5, 0.6) is 0 Å². The molecular formula is C24H28N4OS. The molecule has 5 nitrogen and oxygen atoms in total. The minimum atomic E-state index is -0.193. The number of piperazine rings is 1. The molecule has 0 saturated carbocycles. The molecule has 0 radical (unpaired) electrons. The van der Waals surface area contributed by atoms with E-state index in [4.69, 9.17) is 0 Å². The molecule has 0 spiro atoms. The van der Waals surface area contributed by atoms with Gasteiger partial charge in [0.15, 0.2) is 0 Å². The first-order valence-corrected chi connectivity index (χ1v) is 11.3. The zero-order valence-corrected chi connectivity index (χ0v) is 18.1. The van der Waals surface area contributed by atoms with Gasteiger partial charge in [0.2, 0.25) is 5.91 Å². The molecule has 1 N–H and O–H groups in total. The van der Waals surface area contributed by atoms with Crippen molar-refractivity contribution in [1.29, 1.82) is 0 Å². The van der Waals surface area contributed by atoms with Crippen LogP contribution >= 0.6 is 11.3 Å². The Balaban J connectivity index is 1.30. The van der Waals surface area contributed by atoms with Crippen LogP contribution in [0.25, 0.3) is 0 Å². The summed E-state index contributed by atoms with van der Waals surface area (Å²) in [5, 5.41) is 6.06. The van der Waals surface area contributed by atoms with E-state index in [9.17, 15) is 4.79 Å². The van der Waals surface area contributed by atoms with Gasteiger partial charge in [0, 0.05) is 44.3 Å². The first-order valence-electron chi connectivity index (χ1n) is 10.4. The minimum Gasteiger partial charge on any atom is -0.342 e. The third-order valence-corrected chi connectivity index (χ3v) is 6.30. The Morgan fingerprint density at radius 3 is 2.53 bits per heavy atom. The molecule has 156 valence electrons. The monoisotopic (exact) mass is 420 g/mol. The molecule has 2 heterocycles. The molecule has 0 aliphatic carbocycles. The van der Waals surface area contributed by atoms with Crippen LogP contribution in [0.15, 0.2) is 66.2 Å². The van der Waals surface area contributed by atoms with Crippen molar-refractivity contribution in [1.82, 2.24) is 20.1 Å². The van der Waals surface area contributed by atoms with Crippen molar-refractivity contribution in [3.8, 4) is 0 Å². The van der Waals surface area contributed by atoms with Crippen molar-refractivity contribution in [3.63, 3.8) is 0 Å². The SMILES string of the molecule is Cc1cccc(CN2CCN(CC(=O)NC(c3ccccc3)c3nccs3)CC2)c1. The summed E-state index contributed by atoms with van der Waals surface area (Å²) in [6.07, 6.45) is 1.79. The van der Waals surface area contributed by atoms with Crippen LogP contribution in [-0.2, 0) is 11.3 Å². The van der Waals surface area contributed by atoms with Crippen molar-refractivity contribution in [2.45, 2.75) is 19.5 Å². The average Bonchev–Trinajstić information content (AvgIpc) is 3.29. The maximum absolute atomic E-state index is 12.8. The molecule has 1 amide bonds. The Morgan fingerprint density at radius 2 is 1.83 bits per heavy atom. The molecular weight excluding hydrogens is 392 g/mol. The van der Waals surface area contributed by atoms with E-state index in [1.54, 1.807) is 17.5 Å². The van der Waals surface area contributed by atoms with Gasteiger partial charge in [0.1, 0.15) is 11.0 Å². The van der Waals surface area contributed by atoms with Gasteiger partial charge in [-0.3, -0.25) is 14.6 Å². The van der Waals surface area contributed by atoms with Crippen molar-refractivity contribution < 1.29 is 4.79 Å². The third kappa shape index (κ3) is 5.53. The van der Waals surface area contributed by atoms with E-state index < -0.39 is 0 Å². The van der Waals surface area contributed by atoms with Gasteiger partial charge in [-0.2, -0.15) is 0 Å². The quantitative estimate of drug-likeness (QED) is 0.636. The van der Waals surface area contributed by atoms with E-state index >= 15 is 0 Å². The van der Waals surface area contributed by atoms with Gasteiger partial charge in [-0.05, 0) is 18.1 Å². The van der Waals surface area contributed by atoms with Gasteiger partial charge in [-0.15, -0.1) is 11.3 Å². The largest absolute Gasteiger partial charge is 0.342 e. The van der Waals surface area contributed by atoms with Crippen molar-refractivity contribution >= 4 is 17.2 Å². The second-order valence-corrected chi connectivity index (χ2v) is 8.75. The second-order valence-electron chi connectivity index (χ2n) is 7.82. The molecule has 1 aliphatic heterocycles. The number of thiazole rings is 1. The van der Waals surface area contributed by atoms with Gasteiger partial charge in [-0.1, -0.05) is 60.2 Å². The summed E-state index contributed by atoms with van der Waals surface area (Å²) in [6.45, 7) is 7.31. The fourth-order valence-corrected chi connectivity index (χ4v) is 4.61. The Hall–Kier alpha value is -2.54. The van der Waals surface area contributed by atoms with E-state index in [0.717, 1.165) is 43.3 Å². The lowest BCUT2D eigenvalue weighted by atomic mass is 10.1. The topological polar surface area (TPSA) is 48.5 Å². The smallest absolute Gasteiger partial charge is 0.235 e. The number of nitrogens with one attached hydrogen (secondary N) is 1. The summed E-state index contributed by atoms with van der Waals surface area (Å²) in [4.78, 5) is 21.9. The zero-order chi connectivity index (χ0) is 20.8. The lowest BCUT2D eigenvalue weighted by Crippen LogP contribution is -2.49. The maximum Gasteiger partial charge on any atom is 0.235 e. The van der Waals surface area contributed by atoms with Crippen LogP contribution in [0.1, 0.15) is 27.7 Å². The molecule has 1 atom stereocenters. The fraction of sp³-hybridized carbons (Fsp3) is 0.333. The van der Waals surface area contributed by atoms with E-state index in [-0.39, 0.29) is 11.9 Å². The van der Waals surface area contributed by atoms with Crippen molar-refractivity contribution in [3.05, 3.63) is 87.9 Å². The molecule has 0 bridgehead atoms. The van der Waals surface area contributed by atoms with E-state index in [1.807, 2.05) is 35.7 Å². The predicted octanol–water partition coefficient (Wildman–Crippen LogP) is 3.47. The van der Waals surface area contributed by atoms with Crippen LogP contribution in [0.2, 0.25) is 0 Å². The first-order chi connectivity index (χ1) is 14.7. The number of hydrogen-bond donors (Lipinski definition) is 1. The summed E-state index contributed by atoms with van der Waals surface area (Å²) in [5.74, 6) is 0.0474. The highest BCUT2D eigenvalue weighted by molar-refractivity contribution is 7.09. The van der Waals surface area contributed by atoms with Gasteiger partial charge >= 0.3 is 0 Å². The lowest BCUT2D eigenvalue weighted by molar-refractivity contribution is -0.123. The summed E-state index contributed by atoms with van der Waals surface area (Å²) in [7, 11) is 0. The molecule has 4 rings (SSSR count). The lowest BCUT2D eigenvalue weighted by Gasteiger charge is -2.34. The average molecular weight is 421 g/mol. The molecule has 1 unspecified atom stereocenters. The maximum atomic E-state index is 12.8. The number of amides is 1. The number of rotatable bonds is 7. The number of aryl methyl sites for hydroxylation is 1. The van der Waals surface area contributed by atoms with Gasteiger partial charge in [0.25, 0.3) is 0 Å². The number of hydrogen-bond acceptors (Lipinski definition) is 5. The van der Waals surface area contributed by atoms with Crippen LogP contribution in [0, 0.1) is 6.92 Å². The van der Waals surface area contributed by atoms with E-state index in [2.05, 4.69) is 51.3 Å². The third-order valence-electron chi connectivity index (χ3n) is 5.46. The Kier molecular flexibility index (Phi) is 6.89. The summed E-state index contributed by atoms with van der Waals surface area (Å²) < 4.78 is 0.